The van der Waals surface area contributed by atoms with Gasteiger partial charge in [-0.1, -0.05) is 30.3 Å². The number of anilines is 1. The van der Waals surface area contributed by atoms with Gasteiger partial charge in [0.2, 0.25) is 5.91 Å². The molecule has 0 spiro atoms. The Bertz CT molecular complexity index is 892. The third-order valence-corrected chi connectivity index (χ3v) is 4.93. The molecule has 1 atom stereocenters. The predicted molar refractivity (Wildman–Crippen MR) is 112 cm³/mol. The number of ether oxygens (including phenoxy) is 2. The van der Waals surface area contributed by atoms with Crippen LogP contribution in [-0.2, 0) is 4.79 Å². The molecule has 0 aliphatic heterocycles. The van der Waals surface area contributed by atoms with E-state index in [0.717, 1.165) is 22.6 Å². The largest absolute Gasteiger partial charge is 0.496 e. The van der Waals surface area contributed by atoms with Gasteiger partial charge in [0.15, 0.2) is 5.13 Å². The molecule has 1 aromatic heterocycles. The van der Waals surface area contributed by atoms with E-state index in [1.165, 1.54) is 11.3 Å². The monoisotopic (exact) mass is 396 g/mol. The van der Waals surface area contributed by atoms with Crippen LogP contribution in [0.3, 0.4) is 0 Å². The number of nitrogens with zero attached hydrogens (tertiary/aromatic N) is 1. The maximum absolute atomic E-state index is 12.7. The second-order valence-electron chi connectivity index (χ2n) is 6.62. The summed E-state index contributed by atoms with van der Waals surface area (Å²) < 4.78 is 11.3. The van der Waals surface area contributed by atoms with Crippen LogP contribution in [-0.4, -0.2) is 24.1 Å². The van der Waals surface area contributed by atoms with Crippen molar-refractivity contribution in [3.05, 3.63) is 71.2 Å². The average Bonchev–Trinajstić information content (AvgIpc) is 3.19. The third-order valence-electron chi connectivity index (χ3n) is 4.24. The highest BCUT2D eigenvalue weighted by atomic mass is 32.1. The number of carbonyl (C=O) groups is 1. The Morgan fingerprint density at radius 2 is 1.89 bits per heavy atom. The molecule has 5 nitrogen and oxygen atoms in total. The quantitative estimate of drug-likeness (QED) is 0.575. The van der Waals surface area contributed by atoms with Crippen molar-refractivity contribution in [2.45, 2.75) is 32.3 Å². The molecular weight excluding hydrogens is 372 g/mol. The van der Waals surface area contributed by atoms with Gasteiger partial charge in [-0.3, -0.25) is 4.79 Å². The number of hydrogen-bond acceptors (Lipinski definition) is 5. The lowest BCUT2D eigenvalue weighted by Gasteiger charge is -2.20. The van der Waals surface area contributed by atoms with Gasteiger partial charge in [0, 0.05) is 29.5 Å². The summed E-state index contributed by atoms with van der Waals surface area (Å²) in [7, 11) is 1.64. The minimum absolute atomic E-state index is 0.0895. The number of para-hydroxylation sites is 1. The van der Waals surface area contributed by atoms with Gasteiger partial charge in [-0.25, -0.2) is 4.98 Å². The lowest BCUT2D eigenvalue weighted by atomic mass is 9.87. The number of carbonyl (C=O) groups excluding carboxylic acids is 1. The van der Waals surface area contributed by atoms with E-state index in [1.807, 2.05) is 67.8 Å². The highest BCUT2D eigenvalue weighted by Crippen LogP contribution is 2.35. The summed E-state index contributed by atoms with van der Waals surface area (Å²) in [5.41, 5.74) is 1.99. The number of hydrogen-bond donors (Lipinski definition) is 1. The van der Waals surface area contributed by atoms with Gasteiger partial charge in [0.25, 0.3) is 0 Å². The zero-order valence-electron chi connectivity index (χ0n) is 16.2. The summed E-state index contributed by atoms with van der Waals surface area (Å²) in [5.74, 6) is 1.33. The highest BCUT2D eigenvalue weighted by molar-refractivity contribution is 7.13. The first-order valence-electron chi connectivity index (χ1n) is 9.15. The number of nitrogens with one attached hydrogen (secondary N) is 1. The number of benzene rings is 2. The van der Waals surface area contributed by atoms with Crippen molar-refractivity contribution in [2.75, 3.05) is 12.4 Å². The number of thiazole rings is 1. The maximum Gasteiger partial charge on any atom is 0.227 e. The van der Waals surface area contributed by atoms with Crippen LogP contribution in [0.15, 0.2) is 60.1 Å². The Balaban J connectivity index is 1.88. The molecule has 0 aliphatic rings. The van der Waals surface area contributed by atoms with Crippen LogP contribution in [0.1, 0.15) is 37.3 Å². The first-order valence-corrected chi connectivity index (χ1v) is 10.0. The van der Waals surface area contributed by atoms with Gasteiger partial charge >= 0.3 is 0 Å². The second kappa shape index (κ2) is 9.37. The topological polar surface area (TPSA) is 60.5 Å². The summed E-state index contributed by atoms with van der Waals surface area (Å²) in [6, 6.07) is 15.7. The molecule has 28 heavy (non-hydrogen) atoms. The van der Waals surface area contributed by atoms with Gasteiger partial charge in [-0.2, -0.15) is 0 Å². The van der Waals surface area contributed by atoms with Crippen LogP contribution in [0, 0.1) is 0 Å². The van der Waals surface area contributed by atoms with Crippen molar-refractivity contribution in [3.8, 4) is 11.5 Å². The Morgan fingerprint density at radius 3 is 2.54 bits per heavy atom. The fraction of sp³-hybridized carbons (Fsp3) is 0.273. The van der Waals surface area contributed by atoms with Crippen molar-refractivity contribution in [2.24, 2.45) is 0 Å². The first kappa shape index (κ1) is 19.9. The van der Waals surface area contributed by atoms with Gasteiger partial charge in [0.05, 0.1) is 13.2 Å². The van der Waals surface area contributed by atoms with Crippen molar-refractivity contribution in [1.82, 2.24) is 4.98 Å². The third kappa shape index (κ3) is 5.10. The molecule has 0 aliphatic carbocycles. The average molecular weight is 397 g/mol. The van der Waals surface area contributed by atoms with E-state index in [2.05, 4.69) is 10.3 Å². The second-order valence-corrected chi connectivity index (χ2v) is 7.51. The minimum Gasteiger partial charge on any atom is -0.496 e. The first-order chi connectivity index (χ1) is 13.6. The van der Waals surface area contributed by atoms with Crippen LogP contribution < -0.4 is 14.8 Å². The highest BCUT2D eigenvalue weighted by Gasteiger charge is 2.22. The lowest BCUT2D eigenvalue weighted by Crippen LogP contribution is -2.17. The van der Waals surface area contributed by atoms with Crippen molar-refractivity contribution < 1.29 is 14.3 Å². The fourth-order valence-corrected chi connectivity index (χ4v) is 3.60. The van der Waals surface area contributed by atoms with Gasteiger partial charge in [0.1, 0.15) is 11.5 Å². The molecule has 3 rings (SSSR count). The minimum atomic E-state index is -0.149. The van der Waals surface area contributed by atoms with Crippen molar-refractivity contribution >= 4 is 22.4 Å². The molecule has 0 saturated carbocycles. The molecule has 0 fully saturated rings. The van der Waals surface area contributed by atoms with Crippen molar-refractivity contribution in [1.29, 1.82) is 0 Å². The molecule has 1 heterocycles. The number of aromatic nitrogens is 1. The molecule has 3 aromatic rings. The van der Waals surface area contributed by atoms with E-state index in [4.69, 9.17) is 9.47 Å². The van der Waals surface area contributed by atoms with Crippen LogP contribution in [0.2, 0.25) is 0 Å². The predicted octanol–water partition coefficient (Wildman–Crippen LogP) is 5.10. The summed E-state index contributed by atoms with van der Waals surface area (Å²) in [4.78, 5) is 16.8. The maximum atomic E-state index is 12.7. The Labute approximate surface area is 169 Å². The van der Waals surface area contributed by atoms with Crippen LogP contribution in [0.25, 0.3) is 0 Å². The molecule has 0 unspecified atom stereocenters. The lowest BCUT2D eigenvalue weighted by molar-refractivity contribution is -0.116. The molecular formula is C22H24N2O3S. The molecule has 1 N–H and O–H groups in total. The van der Waals surface area contributed by atoms with Gasteiger partial charge < -0.3 is 14.8 Å². The van der Waals surface area contributed by atoms with E-state index < -0.39 is 0 Å². The molecule has 2 aromatic carbocycles. The number of amides is 1. The van der Waals surface area contributed by atoms with E-state index in [-0.39, 0.29) is 24.3 Å². The van der Waals surface area contributed by atoms with Crippen LogP contribution in [0.5, 0.6) is 11.5 Å². The van der Waals surface area contributed by atoms with Crippen LogP contribution >= 0.6 is 11.3 Å². The zero-order chi connectivity index (χ0) is 19.9. The molecule has 6 heteroatoms. The zero-order valence-corrected chi connectivity index (χ0v) is 17.0. The normalized spacial score (nSPS) is 11.9. The standard InChI is InChI=1S/C22H24N2O3S/c1-15(2)27-17-10-8-16(9-11-17)19(18-6-4-5-7-20(18)26-3)14-21(25)24-22-23-12-13-28-22/h4-13,15,19H,14H2,1-3H3,(H,23,24,25)/t19-/m1/s1. The summed E-state index contributed by atoms with van der Waals surface area (Å²) >= 11 is 1.40. The molecule has 146 valence electrons. The van der Waals surface area contributed by atoms with E-state index >= 15 is 0 Å². The van der Waals surface area contributed by atoms with Gasteiger partial charge in [-0.05, 0) is 37.6 Å². The number of methoxy groups -OCH3 is 1. The Kier molecular flexibility index (Phi) is 6.66. The summed E-state index contributed by atoms with van der Waals surface area (Å²) in [6.45, 7) is 3.99. The number of rotatable bonds is 8. The fourth-order valence-electron chi connectivity index (χ4n) is 3.05. The van der Waals surface area contributed by atoms with Crippen LogP contribution in [0.4, 0.5) is 5.13 Å². The smallest absolute Gasteiger partial charge is 0.227 e. The molecule has 0 saturated heterocycles. The molecule has 0 bridgehead atoms. The summed E-state index contributed by atoms with van der Waals surface area (Å²) in [5, 5.41) is 5.31. The van der Waals surface area contributed by atoms with Crippen molar-refractivity contribution in [3.63, 3.8) is 0 Å². The molecule has 1 amide bonds. The van der Waals surface area contributed by atoms with E-state index in [9.17, 15) is 4.79 Å². The van der Waals surface area contributed by atoms with Gasteiger partial charge in [-0.15, -0.1) is 11.3 Å². The van der Waals surface area contributed by atoms with E-state index in [0.29, 0.717) is 5.13 Å². The molecule has 0 radical (unpaired) electrons. The summed E-state index contributed by atoms with van der Waals surface area (Å²) in [6.07, 6.45) is 2.07. The Hall–Kier alpha value is -2.86. The SMILES string of the molecule is COc1ccccc1[C@H](CC(=O)Nc1nccs1)c1ccc(OC(C)C)cc1. The van der Waals surface area contributed by atoms with E-state index in [1.54, 1.807) is 13.3 Å². The Morgan fingerprint density at radius 1 is 1.14 bits per heavy atom.